The molecule has 0 atom stereocenters. The second-order valence-corrected chi connectivity index (χ2v) is 6.53. The van der Waals surface area contributed by atoms with Crippen LogP contribution in [0.3, 0.4) is 0 Å². The van der Waals surface area contributed by atoms with Gasteiger partial charge in [0.1, 0.15) is 12.4 Å². The van der Waals surface area contributed by atoms with Gasteiger partial charge in [0.05, 0.1) is 5.52 Å². The predicted octanol–water partition coefficient (Wildman–Crippen LogP) is 6.76. The van der Waals surface area contributed by atoms with Gasteiger partial charge >= 0.3 is 0 Å². The molecule has 27 heavy (non-hydrogen) atoms. The fraction of sp³-hybridized carbons (Fsp3) is 0.240. The summed E-state index contributed by atoms with van der Waals surface area (Å²) in [5.41, 5.74) is 5.92. The second kappa shape index (κ2) is 9.18. The molecule has 0 N–H and O–H groups in total. The van der Waals surface area contributed by atoms with Gasteiger partial charge in [0.25, 0.3) is 0 Å². The molecule has 0 saturated carbocycles. The molecule has 0 bridgehead atoms. The van der Waals surface area contributed by atoms with Crippen LogP contribution in [0.15, 0.2) is 78.5 Å². The van der Waals surface area contributed by atoms with Gasteiger partial charge in [-0.2, -0.15) is 0 Å². The molecule has 138 valence electrons. The smallest absolute Gasteiger partial charge is 0.120 e. The number of ether oxygens (including phenoxy) is 1. The molecule has 0 aliphatic rings. The molecule has 0 amide bonds. The van der Waals surface area contributed by atoms with Gasteiger partial charge < -0.3 is 4.74 Å². The van der Waals surface area contributed by atoms with Gasteiger partial charge in [-0.15, -0.1) is 0 Å². The molecule has 2 heteroatoms. The molecule has 0 saturated heterocycles. The third kappa shape index (κ3) is 4.46. The highest BCUT2D eigenvalue weighted by molar-refractivity contribution is 5.96. The number of aromatic nitrogens is 1. The normalized spacial score (nSPS) is 12.0. The van der Waals surface area contributed by atoms with Crippen molar-refractivity contribution in [1.29, 1.82) is 0 Å². The Hall–Kier alpha value is -2.87. The number of aryl methyl sites for hydroxylation is 1. The van der Waals surface area contributed by atoms with Crippen molar-refractivity contribution in [2.45, 2.75) is 33.6 Å². The third-order valence-corrected chi connectivity index (χ3v) is 4.61. The maximum Gasteiger partial charge on any atom is 0.120 e. The van der Waals surface area contributed by atoms with Crippen molar-refractivity contribution in [2.75, 3.05) is 6.61 Å². The van der Waals surface area contributed by atoms with E-state index >= 15 is 0 Å². The van der Waals surface area contributed by atoms with E-state index in [1.807, 2.05) is 25.3 Å². The first kappa shape index (κ1) is 18.9. The molecular formula is C25H27NO. The van der Waals surface area contributed by atoms with Crippen LogP contribution in [0.25, 0.3) is 22.0 Å². The lowest BCUT2D eigenvalue weighted by molar-refractivity contribution is 0.355. The molecule has 2 aromatic carbocycles. The van der Waals surface area contributed by atoms with Gasteiger partial charge in [-0.1, -0.05) is 62.4 Å². The monoisotopic (exact) mass is 357 g/mol. The first-order valence-electron chi connectivity index (χ1n) is 9.68. The summed E-state index contributed by atoms with van der Waals surface area (Å²) in [6.07, 6.45) is 10.3. The fourth-order valence-corrected chi connectivity index (χ4v) is 3.35. The molecule has 3 rings (SSSR count). The van der Waals surface area contributed by atoms with Gasteiger partial charge in [-0.25, -0.2) is 0 Å². The number of allylic oxidation sites excluding steroid dienone is 2. The van der Waals surface area contributed by atoms with Crippen molar-refractivity contribution in [3.05, 3.63) is 84.1 Å². The van der Waals surface area contributed by atoms with Gasteiger partial charge in [0.2, 0.25) is 0 Å². The Bertz CT molecular complexity index is 969. The molecule has 0 aliphatic heterocycles. The average Bonchev–Trinajstić information content (AvgIpc) is 2.71. The number of nitrogens with zero attached hydrogens (tertiary/aromatic N) is 1. The average molecular weight is 357 g/mol. The highest BCUT2D eigenvalue weighted by Crippen LogP contribution is 2.33. The first-order valence-corrected chi connectivity index (χ1v) is 9.68. The standard InChI is InChI=1S/C25H27NO/c1-4-10-19(11-5-2)18-27-22-13-9-12-21(16-22)25-20(6-3)17-26-24-15-8-7-14-23(24)25/h4,7-17H,5-6,18H2,1-3H3/b10-4-,19-11+. The highest BCUT2D eigenvalue weighted by Gasteiger charge is 2.11. The van der Waals surface area contributed by atoms with Crippen molar-refractivity contribution in [3.63, 3.8) is 0 Å². The van der Waals surface area contributed by atoms with Gasteiger partial charge in [-0.3, -0.25) is 4.98 Å². The molecule has 0 spiro atoms. The maximum atomic E-state index is 6.09. The molecule has 1 aromatic heterocycles. The SMILES string of the molecule is C/C=C\C(=C/CC)COc1cccc(-c2c(CC)cnc3ccccc23)c1. The Balaban J connectivity index is 1.97. The number of hydrogen-bond acceptors (Lipinski definition) is 2. The predicted molar refractivity (Wildman–Crippen MR) is 115 cm³/mol. The quantitative estimate of drug-likeness (QED) is 0.436. The van der Waals surface area contributed by atoms with E-state index in [0.717, 1.165) is 24.1 Å². The lowest BCUT2D eigenvalue weighted by Crippen LogP contribution is -2.00. The third-order valence-electron chi connectivity index (χ3n) is 4.61. The summed E-state index contributed by atoms with van der Waals surface area (Å²) in [6.45, 7) is 6.93. The number of pyridine rings is 1. The number of para-hydroxylation sites is 1. The van der Waals surface area contributed by atoms with E-state index in [9.17, 15) is 0 Å². The van der Waals surface area contributed by atoms with Crippen LogP contribution >= 0.6 is 0 Å². The summed E-state index contributed by atoms with van der Waals surface area (Å²) in [6, 6.07) is 16.7. The summed E-state index contributed by atoms with van der Waals surface area (Å²) in [5.74, 6) is 0.891. The summed E-state index contributed by atoms with van der Waals surface area (Å²) < 4.78 is 6.09. The van der Waals surface area contributed by atoms with E-state index in [0.29, 0.717) is 6.61 Å². The summed E-state index contributed by atoms with van der Waals surface area (Å²) in [4.78, 5) is 4.61. The van der Waals surface area contributed by atoms with Crippen molar-refractivity contribution in [3.8, 4) is 16.9 Å². The van der Waals surface area contributed by atoms with Crippen LogP contribution in [0.1, 0.15) is 32.8 Å². The number of rotatable bonds is 7. The van der Waals surface area contributed by atoms with E-state index < -0.39 is 0 Å². The van der Waals surface area contributed by atoms with Crippen LogP contribution in [0.4, 0.5) is 0 Å². The first-order chi connectivity index (χ1) is 13.3. The molecule has 0 fully saturated rings. The highest BCUT2D eigenvalue weighted by atomic mass is 16.5. The molecule has 0 unspecified atom stereocenters. The maximum absolute atomic E-state index is 6.09. The minimum atomic E-state index is 0.583. The van der Waals surface area contributed by atoms with Crippen LogP contribution < -0.4 is 4.74 Å². The van der Waals surface area contributed by atoms with Crippen molar-refractivity contribution in [1.82, 2.24) is 4.98 Å². The van der Waals surface area contributed by atoms with Crippen molar-refractivity contribution >= 4 is 10.9 Å². The largest absolute Gasteiger partial charge is 0.489 e. The Morgan fingerprint density at radius 1 is 1.07 bits per heavy atom. The molecular weight excluding hydrogens is 330 g/mol. The summed E-state index contributed by atoms with van der Waals surface area (Å²) in [7, 11) is 0. The second-order valence-electron chi connectivity index (χ2n) is 6.53. The van der Waals surface area contributed by atoms with Gasteiger partial charge in [0.15, 0.2) is 0 Å². The van der Waals surface area contributed by atoms with E-state index in [4.69, 9.17) is 4.74 Å². The lowest BCUT2D eigenvalue weighted by Gasteiger charge is -2.14. The van der Waals surface area contributed by atoms with Gasteiger partial charge in [-0.05, 0) is 60.2 Å². The Morgan fingerprint density at radius 3 is 2.70 bits per heavy atom. The summed E-state index contributed by atoms with van der Waals surface area (Å²) in [5, 5.41) is 1.19. The zero-order chi connectivity index (χ0) is 19.1. The minimum absolute atomic E-state index is 0.583. The van der Waals surface area contributed by atoms with Crippen LogP contribution in [-0.2, 0) is 6.42 Å². The molecule has 1 heterocycles. The van der Waals surface area contributed by atoms with Crippen LogP contribution in [0, 0.1) is 0 Å². The van der Waals surface area contributed by atoms with Crippen LogP contribution in [-0.4, -0.2) is 11.6 Å². The van der Waals surface area contributed by atoms with E-state index in [1.54, 1.807) is 0 Å². The van der Waals surface area contributed by atoms with Crippen LogP contribution in [0.2, 0.25) is 0 Å². The molecule has 0 aliphatic carbocycles. The lowest BCUT2D eigenvalue weighted by atomic mass is 9.95. The molecule has 0 radical (unpaired) electrons. The number of benzene rings is 2. The van der Waals surface area contributed by atoms with Gasteiger partial charge in [0, 0.05) is 11.6 Å². The number of fused-ring (bicyclic) bond motifs is 1. The fourth-order valence-electron chi connectivity index (χ4n) is 3.35. The Morgan fingerprint density at radius 2 is 1.93 bits per heavy atom. The zero-order valence-electron chi connectivity index (χ0n) is 16.4. The molecule has 3 aromatic rings. The van der Waals surface area contributed by atoms with Crippen LogP contribution in [0.5, 0.6) is 5.75 Å². The van der Waals surface area contributed by atoms with Crippen molar-refractivity contribution < 1.29 is 4.74 Å². The van der Waals surface area contributed by atoms with E-state index in [1.165, 1.54) is 27.6 Å². The summed E-state index contributed by atoms with van der Waals surface area (Å²) >= 11 is 0. The topological polar surface area (TPSA) is 22.1 Å². The van der Waals surface area contributed by atoms with E-state index in [-0.39, 0.29) is 0 Å². The zero-order valence-corrected chi connectivity index (χ0v) is 16.4. The Labute approximate surface area is 162 Å². The Kier molecular flexibility index (Phi) is 6.43. The van der Waals surface area contributed by atoms with E-state index in [2.05, 4.69) is 73.5 Å². The molecule has 2 nitrogen and oxygen atoms in total. The van der Waals surface area contributed by atoms with Crippen molar-refractivity contribution in [2.24, 2.45) is 0 Å². The number of hydrogen-bond donors (Lipinski definition) is 0. The minimum Gasteiger partial charge on any atom is -0.489 e.